The minimum absolute atomic E-state index is 0.148. The maximum Gasteiger partial charge on any atom is 0.137 e. The van der Waals surface area contributed by atoms with Crippen molar-refractivity contribution in [3.8, 4) is 5.75 Å². The van der Waals surface area contributed by atoms with Gasteiger partial charge >= 0.3 is 0 Å². The van der Waals surface area contributed by atoms with E-state index in [1.165, 1.54) is 17.8 Å². The zero-order valence-electron chi connectivity index (χ0n) is 9.89. The summed E-state index contributed by atoms with van der Waals surface area (Å²) in [6, 6.07) is 12.2. The second kappa shape index (κ2) is 5.89. The molecule has 2 aromatic rings. The van der Waals surface area contributed by atoms with E-state index in [1.807, 2.05) is 24.3 Å². The molecule has 0 heterocycles. The van der Waals surface area contributed by atoms with E-state index in [4.69, 9.17) is 9.84 Å². The van der Waals surface area contributed by atoms with E-state index < -0.39 is 0 Å². The monoisotopic (exact) mass is 264 g/mol. The van der Waals surface area contributed by atoms with Crippen molar-refractivity contribution >= 4 is 11.8 Å². The Hall–Kier alpha value is -1.52. The van der Waals surface area contributed by atoms with Gasteiger partial charge in [0.25, 0.3) is 0 Å². The quantitative estimate of drug-likeness (QED) is 0.916. The van der Waals surface area contributed by atoms with Crippen LogP contribution in [0.5, 0.6) is 5.75 Å². The van der Waals surface area contributed by atoms with Crippen molar-refractivity contribution in [3.05, 3.63) is 53.8 Å². The highest BCUT2D eigenvalue weighted by Gasteiger charge is 2.05. The van der Waals surface area contributed by atoms with Crippen molar-refractivity contribution in [2.75, 3.05) is 7.11 Å². The van der Waals surface area contributed by atoms with Gasteiger partial charge in [0.05, 0.1) is 13.7 Å². The van der Waals surface area contributed by atoms with Gasteiger partial charge in [0.1, 0.15) is 11.6 Å². The molecule has 1 N–H and O–H groups in total. The van der Waals surface area contributed by atoms with Gasteiger partial charge in [-0.05, 0) is 42.0 Å². The number of rotatable bonds is 4. The predicted molar refractivity (Wildman–Crippen MR) is 69.4 cm³/mol. The summed E-state index contributed by atoms with van der Waals surface area (Å²) in [6.45, 7) is -0.148. The standard InChI is InChI=1S/C14H13FO2S/c1-17-11-3-5-12(6-4-11)18-14-7-2-10(9-16)8-13(14)15/h2-8,16H,9H2,1H3. The SMILES string of the molecule is COc1ccc(Sc2ccc(CO)cc2F)cc1. The van der Waals surface area contributed by atoms with Crippen molar-refractivity contribution in [1.29, 1.82) is 0 Å². The van der Waals surface area contributed by atoms with Gasteiger partial charge in [0, 0.05) is 9.79 Å². The number of aliphatic hydroxyl groups excluding tert-OH is 1. The third-order valence-electron chi connectivity index (χ3n) is 2.47. The lowest BCUT2D eigenvalue weighted by Gasteiger charge is -2.05. The first-order valence-electron chi connectivity index (χ1n) is 5.44. The van der Waals surface area contributed by atoms with Crippen LogP contribution in [0.1, 0.15) is 5.56 Å². The molecule has 0 aromatic heterocycles. The van der Waals surface area contributed by atoms with E-state index in [1.54, 1.807) is 19.2 Å². The summed E-state index contributed by atoms with van der Waals surface area (Å²) in [6.07, 6.45) is 0. The molecule has 2 nitrogen and oxygen atoms in total. The summed E-state index contributed by atoms with van der Waals surface area (Å²) in [5.74, 6) is 0.456. The van der Waals surface area contributed by atoms with E-state index in [2.05, 4.69) is 0 Å². The normalized spacial score (nSPS) is 10.4. The topological polar surface area (TPSA) is 29.5 Å². The highest BCUT2D eigenvalue weighted by molar-refractivity contribution is 7.99. The molecule has 0 aliphatic carbocycles. The molecule has 0 saturated heterocycles. The maximum absolute atomic E-state index is 13.7. The number of ether oxygens (including phenoxy) is 1. The molecule has 2 aromatic carbocycles. The predicted octanol–water partition coefficient (Wildman–Crippen LogP) is 3.48. The Morgan fingerprint density at radius 1 is 1.17 bits per heavy atom. The van der Waals surface area contributed by atoms with Gasteiger partial charge < -0.3 is 9.84 Å². The van der Waals surface area contributed by atoms with Crippen LogP contribution in [0.4, 0.5) is 4.39 Å². The van der Waals surface area contributed by atoms with E-state index in [-0.39, 0.29) is 12.4 Å². The second-order valence-corrected chi connectivity index (χ2v) is 4.82. The largest absolute Gasteiger partial charge is 0.497 e. The summed E-state index contributed by atoms with van der Waals surface area (Å²) in [5.41, 5.74) is 0.576. The van der Waals surface area contributed by atoms with Crippen LogP contribution < -0.4 is 4.74 Å². The zero-order chi connectivity index (χ0) is 13.0. The van der Waals surface area contributed by atoms with Gasteiger partial charge in [-0.3, -0.25) is 0 Å². The van der Waals surface area contributed by atoms with Gasteiger partial charge in [-0.25, -0.2) is 4.39 Å². The molecule has 0 spiro atoms. The van der Waals surface area contributed by atoms with Crippen LogP contribution in [0.3, 0.4) is 0 Å². The maximum atomic E-state index is 13.7. The molecule has 94 valence electrons. The van der Waals surface area contributed by atoms with Crippen LogP contribution in [0, 0.1) is 5.82 Å². The van der Waals surface area contributed by atoms with Gasteiger partial charge in [-0.2, -0.15) is 0 Å². The molecule has 0 amide bonds. The molecule has 0 radical (unpaired) electrons. The van der Waals surface area contributed by atoms with Crippen LogP contribution in [-0.2, 0) is 6.61 Å². The minimum atomic E-state index is -0.317. The molecule has 2 rings (SSSR count). The number of halogens is 1. The molecule has 18 heavy (non-hydrogen) atoms. The average molecular weight is 264 g/mol. The molecule has 0 atom stereocenters. The third-order valence-corrected chi connectivity index (χ3v) is 3.52. The summed E-state index contributed by atoms with van der Waals surface area (Å²) in [5, 5.41) is 8.91. The van der Waals surface area contributed by atoms with Crippen LogP contribution in [0.2, 0.25) is 0 Å². The van der Waals surface area contributed by atoms with Crippen LogP contribution in [-0.4, -0.2) is 12.2 Å². The van der Waals surface area contributed by atoms with Gasteiger partial charge in [0.2, 0.25) is 0 Å². The first kappa shape index (κ1) is 12.9. The number of hydrogen-bond donors (Lipinski definition) is 1. The molecular formula is C14H13FO2S. The van der Waals surface area contributed by atoms with Crippen LogP contribution in [0.15, 0.2) is 52.3 Å². The summed E-state index contributed by atoms with van der Waals surface area (Å²) < 4.78 is 18.8. The smallest absolute Gasteiger partial charge is 0.137 e. The summed E-state index contributed by atoms with van der Waals surface area (Å²) in [7, 11) is 1.61. The van der Waals surface area contributed by atoms with Crippen LogP contribution in [0.25, 0.3) is 0 Å². The fourth-order valence-electron chi connectivity index (χ4n) is 1.50. The molecule has 0 bridgehead atoms. The Morgan fingerprint density at radius 3 is 2.44 bits per heavy atom. The lowest BCUT2D eigenvalue weighted by molar-refractivity contribution is 0.281. The Bertz CT molecular complexity index is 526. The minimum Gasteiger partial charge on any atom is -0.497 e. The number of aliphatic hydroxyl groups is 1. The Labute approximate surface area is 109 Å². The average Bonchev–Trinajstić information content (AvgIpc) is 2.42. The molecule has 0 saturated carbocycles. The molecule has 0 unspecified atom stereocenters. The van der Waals surface area contributed by atoms with E-state index in [9.17, 15) is 4.39 Å². The van der Waals surface area contributed by atoms with Crippen molar-refractivity contribution in [3.63, 3.8) is 0 Å². The van der Waals surface area contributed by atoms with Crippen molar-refractivity contribution < 1.29 is 14.2 Å². The molecule has 4 heteroatoms. The number of hydrogen-bond acceptors (Lipinski definition) is 3. The highest BCUT2D eigenvalue weighted by atomic mass is 32.2. The van der Waals surface area contributed by atoms with Crippen LogP contribution >= 0.6 is 11.8 Å². The Balaban J connectivity index is 2.17. The van der Waals surface area contributed by atoms with Gasteiger partial charge in [0.15, 0.2) is 0 Å². The Morgan fingerprint density at radius 2 is 1.89 bits per heavy atom. The molecule has 0 fully saturated rings. The first-order valence-corrected chi connectivity index (χ1v) is 6.26. The summed E-state index contributed by atoms with van der Waals surface area (Å²) >= 11 is 1.34. The summed E-state index contributed by atoms with van der Waals surface area (Å²) in [4.78, 5) is 1.48. The van der Waals surface area contributed by atoms with Crippen molar-refractivity contribution in [2.45, 2.75) is 16.4 Å². The van der Waals surface area contributed by atoms with Gasteiger partial charge in [-0.1, -0.05) is 17.8 Å². The molecule has 0 aliphatic rings. The van der Waals surface area contributed by atoms with Gasteiger partial charge in [-0.15, -0.1) is 0 Å². The van der Waals surface area contributed by atoms with E-state index in [0.717, 1.165) is 10.6 Å². The van der Waals surface area contributed by atoms with E-state index in [0.29, 0.717) is 10.5 Å². The lowest BCUT2D eigenvalue weighted by atomic mass is 10.2. The fourth-order valence-corrected chi connectivity index (χ4v) is 2.31. The third kappa shape index (κ3) is 3.03. The molecular weight excluding hydrogens is 251 g/mol. The van der Waals surface area contributed by atoms with Crippen molar-refractivity contribution in [1.82, 2.24) is 0 Å². The second-order valence-electron chi connectivity index (χ2n) is 3.70. The first-order chi connectivity index (χ1) is 8.72. The number of benzene rings is 2. The zero-order valence-corrected chi connectivity index (χ0v) is 10.7. The lowest BCUT2D eigenvalue weighted by Crippen LogP contribution is -1.87. The fraction of sp³-hybridized carbons (Fsp3) is 0.143. The Kier molecular flexibility index (Phi) is 4.23. The van der Waals surface area contributed by atoms with Crippen molar-refractivity contribution in [2.24, 2.45) is 0 Å². The highest BCUT2D eigenvalue weighted by Crippen LogP contribution is 2.31. The molecule has 0 aliphatic heterocycles. The van der Waals surface area contributed by atoms with E-state index >= 15 is 0 Å². The number of methoxy groups -OCH3 is 1.